The molecule has 0 aromatic rings. The maximum absolute atomic E-state index is 10.5. The first-order chi connectivity index (χ1) is 13.4. The lowest BCUT2D eigenvalue weighted by Gasteiger charge is -2.39. The van der Waals surface area contributed by atoms with Gasteiger partial charge in [0.2, 0.25) is 0 Å². The van der Waals surface area contributed by atoms with Gasteiger partial charge in [0.1, 0.15) is 0 Å². The van der Waals surface area contributed by atoms with Gasteiger partial charge < -0.3 is 15.0 Å². The van der Waals surface area contributed by atoms with Gasteiger partial charge in [0.25, 0.3) is 0 Å². The van der Waals surface area contributed by atoms with Crippen molar-refractivity contribution in [2.45, 2.75) is 125 Å². The molecule has 1 N–H and O–H groups in total. The molecule has 170 valence electrons. The van der Waals surface area contributed by atoms with Gasteiger partial charge in [-0.1, -0.05) is 92.9 Å². The normalized spacial score (nSPS) is 12.4. The molecule has 0 saturated carbocycles. The molecule has 0 aromatic carbocycles. The lowest BCUT2D eigenvalue weighted by molar-refractivity contribution is -0.929. The Kier molecular flexibility index (Phi) is 22.4. The van der Waals surface area contributed by atoms with E-state index in [1.165, 1.54) is 101 Å². The third-order valence-electron chi connectivity index (χ3n) is 5.88. The van der Waals surface area contributed by atoms with Gasteiger partial charge in [-0.2, -0.15) is 0 Å². The molecule has 1 unspecified atom stereocenters. The highest BCUT2D eigenvalue weighted by Gasteiger charge is 2.24. The molecule has 0 spiro atoms. The summed E-state index contributed by atoms with van der Waals surface area (Å²) in [4.78, 5) is 0. The van der Waals surface area contributed by atoms with Gasteiger partial charge in [0, 0.05) is 0 Å². The van der Waals surface area contributed by atoms with Gasteiger partial charge in [-0.05, 0) is 43.9 Å². The first kappa shape index (κ1) is 29.6. The summed E-state index contributed by atoms with van der Waals surface area (Å²) in [6.07, 6.45) is 16.7. The molecule has 3 nitrogen and oxygen atoms in total. The Hall–Kier alpha value is -0.570. The third-order valence-corrected chi connectivity index (χ3v) is 5.88. The van der Waals surface area contributed by atoms with Gasteiger partial charge in [-0.3, -0.25) is 0 Å². The molecule has 0 rings (SSSR count). The minimum atomic E-state index is -0.415. The van der Waals surface area contributed by atoms with Crippen LogP contribution in [0.2, 0.25) is 0 Å². The van der Waals surface area contributed by atoms with Gasteiger partial charge >= 0.3 is 0 Å². The van der Waals surface area contributed by atoms with Crippen LogP contribution in [0.25, 0.3) is 0 Å². The van der Waals surface area contributed by atoms with E-state index in [1.807, 2.05) is 6.92 Å². The SMILES string of the molecule is CCCCCCC(C)C(=N)[O-].CCCC[N+](CCCC)(CCCC)CCCC. The molecule has 0 bridgehead atoms. The van der Waals surface area contributed by atoms with Crippen LogP contribution in [0.4, 0.5) is 0 Å². The lowest BCUT2D eigenvalue weighted by Crippen LogP contribution is -2.50. The molecule has 0 fully saturated rings. The van der Waals surface area contributed by atoms with Crippen molar-refractivity contribution in [2.75, 3.05) is 26.2 Å². The predicted octanol–water partition coefficient (Wildman–Crippen LogP) is 6.93. The smallest absolute Gasteiger partial charge is 0.0786 e. The largest absolute Gasteiger partial charge is 0.862 e. The summed E-state index contributed by atoms with van der Waals surface area (Å²) in [6.45, 7) is 19.0. The zero-order valence-electron chi connectivity index (χ0n) is 20.5. The van der Waals surface area contributed by atoms with Crippen LogP contribution in [0.5, 0.6) is 0 Å². The fourth-order valence-electron chi connectivity index (χ4n) is 3.65. The maximum Gasteiger partial charge on any atom is 0.0786 e. The fourth-order valence-corrected chi connectivity index (χ4v) is 3.65. The second-order valence-corrected chi connectivity index (χ2v) is 8.76. The minimum Gasteiger partial charge on any atom is -0.862 e. The molecule has 0 amide bonds. The standard InChI is InChI=1S/C16H36N.C9H19NO/c1-5-9-13-17(14-10-6-2,15-11-7-3)16-12-8-4;1-3-4-5-6-7-8(2)9(10)11/h5-16H2,1-4H3;8H,3-7H2,1-2H3,(H2,10,11)/q+1;/p-1. The lowest BCUT2D eigenvalue weighted by atomic mass is 10.0. The first-order valence-corrected chi connectivity index (χ1v) is 12.5. The fraction of sp³-hybridized carbons (Fsp3) is 0.960. The minimum absolute atomic E-state index is 0.0492. The highest BCUT2D eigenvalue weighted by molar-refractivity contribution is 5.70. The van der Waals surface area contributed by atoms with Crippen LogP contribution in [0, 0.1) is 11.3 Å². The second-order valence-electron chi connectivity index (χ2n) is 8.76. The number of rotatable bonds is 18. The van der Waals surface area contributed by atoms with Crippen LogP contribution < -0.4 is 5.11 Å². The number of unbranched alkanes of at least 4 members (excludes halogenated alkanes) is 7. The van der Waals surface area contributed by atoms with E-state index < -0.39 is 5.90 Å². The van der Waals surface area contributed by atoms with E-state index in [2.05, 4.69) is 34.6 Å². The quantitative estimate of drug-likeness (QED) is 0.116. The van der Waals surface area contributed by atoms with Crippen LogP contribution in [-0.4, -0.2) is 36.6 Å². The van der Waals surface area contributed by atoms with Crippen LogP contribution in [0.3, 0.4) is 0 Å². The molecule has 3 heteroatoms. The van der Waals surface area contributed by atoms with Crippen LogP contribution in [0.15, 0.2) is 0 Å². The van der Waals surface area contributed by atoms with Gasteiger partial charge in [0.05, 0.1) is 26.2 Å². The average Bonchev–Trinajstić information content (AvgIpc) is 2.70. The van der Waals surface area contributed by atoms with E-state index >= 15 is 0 Å². The number of nitrogens with one attached hydrogen (secondary N) is 1. The molecule has 0 aliphatic carbocycles. The molecule has 0 aliphatic rings. The summed E-state index contributed by atoms with van der Waals surface area (Å²) in [7, 11) is 0. The Morgan fingerprint density at radius 3 is 1.29 bits per heavy atom. The van der Waals surface area contributed by atoms with E-state index in [-0.39, 0.29) is 5.92 Å². The number of quaternary nitrogens is 1. The van der Waals surface area contributed by atoms with Gasteiger partial charge in [0.15, 0.2) is 0 Å². The van der Waals surface area contributed by atoms with E-state index in [0.717, 1.165) is 12.8 Å². The Morgan fingerprint density at radius 2 is 1.00 bits per heavy atom. The van der Waals surface area contributed by atoms with Crippen LogP contribution in [0.1, 0.15) is 125 Å². The van der Waals surface area contributed by atoms with Crippen molar-refractivity contribution < 1.29 is 9.59 Å². The van der Waals surface area contributed by atoms with Crippen LogP contribution in [-0.2, 0) is 0 Å². The number of nitrogens with zero attached hydrogens (tertiary/aromatic N) is 1. The van der Waals surface area contributed by atoms with E-state index in [9.17, 15) is 5.11 Å². The highest BCUT2D eigenvalue weighted by Crippen LogP contribution is 2.16. The summed E-state index contributed by atoms with van der Waals surface area (Å²) >= 11 is 0. The summed E-state index contributed by atoms with van der Waals surface area (Å²) in [5.74, 6) is -0.464. The Bertz CT molecular complexity index is 293. The predicted molar refractivity (Wildman–Crippen MR) is 125 cm³/mol. The number of hydrogen-bond donors (Lipinski definition) is 1. The topological polar surface area (TPSA) is 46.9 Å². The van der Waals surface area contributed by atoms with Crippen molar-refractivity contribution in [3.8, 4) is 0 Å². The molecule has 0 aliphatic heterocycles. The van der Waals surface area contributed by atoms with E-state index in [4.69, 9.17) is 5.41 Å². The molecule has 0 aromatic heterocycles. The van der Waals surface area contributed by atoms with Crippen molar-refractivity contribution in [1.29, 1.82) is 5.41 Å². The molecular weight excluding hydrogens is 344 g/mol. The van der Waals surface area contributed by atoms with Gasteiger partial charge in [-0.15, -0.1) is 0 Å². The molecule has 0 radical (unpaired) electrons. The monoisotopic (exact) mass is 398 g/mol. The average molecular weight is 399 g/mol. The summed E-state index contributed by atoms with van der Waals surface area (Å²) in [5.41, 5.74) is 0. The highest BCUT2D eigenvalue weighted by atomic mass is 16.3. The molecule has 0 saturated heterocycles. The third kappa shape index (κ3) is 17.5. The van der Waals surface area contributed by atoms with Crippen molar-refractivity contribution in [1.82, 2.24) is 0 Å². The van der Waals surface area contributed by atoms with Crippen molar-refractivity contribution in [3.05, 3.63) is 0 Å². The Balaban J connectivity index is 0. The first-order valence-electron chi connectivity index (χ1n) is 12.5. The van der Waals surface area contributed by atoms with Gasteiger partial charge in [-0.25, -0.2) is 0 Å². The Labute approximate surface area is 178 Å². The number of hydrogen-bond acceptors (Lipinski definition) is 2. The molecular formula is C25H54N2O. The Morgan fingerprint density at radius 1 is 0.643 bits per heavy atom. The molecule has 0 heterocycles. The van der Waals surface area contributed by atoms with E-state index in [1.54, 1.807) is 0 Å². The molecule has 1 atom stereocenters. The molecule has 28 heavy (non-hydrogen) atoms. The van der Waals surface area contributed by atoms with Crippen molar-refractivity contribution in [2.24, 2.45) is 5.92 Å². The van der Waals surface area contributed by atoms with E-state index in [0.29, 0.717) is 0 Å². The van der Waals surface area contributed by atoms with Crippen molar-refractivity contribution >= 4 is 5.90 Å². The summed E-state index contributed by atoms with van der Waals surface area (Å²) < 4.78 is 1.42. The zero-order valence-corrected chi connectivity index (χ0v) is 20.5. The van der Waals surface area contributed by atoms with Crippen molar-refractivity contribution in [3.63, 3.8) is 0 Å². The summed E-state index contributed by atoms with van der Waals surface area (Å²) in [6, 6.07) is 0. The maximum atomic E-state index is 10.5. The van der Waals surface area contributed by atoms with Crippen LogP contribution >= 0.6 is 0 Å². The summed E-state index contributed by atoms with van der Waals surface area (Å²) in [5, 5.41) is 17.3. The second kappa shape index (κ2) is 21.1. The zero-order chi connectivity index (χ0) is 21.7.